The van der Waals surface area contributed by atoms with Crippen LogP contribution in [0.1, 0.15) is 30.9 Å². The molecule has 1 amide bonds. The number of H-pyrrole nitrogens is 1. The van der Waals surface area contributed by atoms with Crippen molar-refractivity contribution in [2.75, 3.05) is 12.5 Å². The number of aromatic nitrogens is 4. The van der Waals surface area contributed by atoms with Crippen LogP contribution in [0.3, 0.4) is 0 Å². The molecule has 31 heavy (non-hydrogen) atoms. The van der Waals surface area contributed by atoms with E-state index < -0.39 is 0 Å². The first-order chi connectivity index (χ1) is 15.1. The Bertz CT molecular complexity index is 1290. The molecular weight excluding hydrogens is 414 g/mol. The van der Waals surface area contributed by atoms with Crippen LogP contribution >= 0.6 is 11.8 Å². The number of aromatic amines is 1. The van der Waals surface area contributed by atoms with Crippen LogP contribution in [0.4, 0.5) is 0 Å². The number of thioether (sulfide) groups is 1. The van der Waals surface area contributed by atoms with Gasteiger partial charge in [0.05, 0.1) is 5.75 Å². The fourth-order valence-corrected chi connectivity index (χ4v) is 4.04. The molecule has 2 aromatic heterocycles. The Morgan fingerprint density at radius 1 is 1.16 bits per heavy atom. The minimum Gasteiger partial charge on any atom is -0.454 e. The molecule has 2 N–H and O–H groups in total. The summed E-state index contributed by atoms with van der Waals surface area (Å²) >= 11 is 1.26. The van der Waals surface area contributed by atoms with Crippen LogP contribution in [0.15, 0.2) is 41.6 Å². The summed E-state index contributed by atoms with van der Waals surface area (Å²) in [6, 6.07) is 11.9. The van der Waals surface area contributed by atoms with E-state index in [0.717, 1.165) is 27.7 Å². The maximum absolute atomic E-state index is 12.3. The summed E-state index contributed by atoms with van der Waals surface area (Å²) in [7, 11) is 0. The van der Waals surface area contributed by atoms with Crippen molar-refractivity contribution in [1.82, 2.24) is 25.5 Å². The van der Waals surface area contributed by atoms with Crippen molar-refractivity contribution in [3.8, 4) is 11.5 Å². The van der Waals surface area contributed by atoms with Crippen LogP contribution in [0, 0.1) is 0 Å². The summed E-state index contributed by atoms with van der Waals surface area (Å²) in [5.74, 6) is 1.96. The lowest BCUT2D eigenvalue weighted by Gasteiger charge is -2.06. The number of fused-ring (bicyclic) bond motifs is 4. The smallest absolute Gasteiger partial charge is 0.231 e. The number of nitrogens with zero attached hydrogens (tertiary/aromatic N) is 3. The Hall–Kier alpha value is -3.33. The van der Waals surface area contributed by atoms with Gasteiger partial charge in [0.15, 0.2) is 17.1 Å². The topological polar surface area (TPSA) is 102 Å². The highest BCUT2D eigenvalue weighted by Crippen LogP contribution is 2.32. The minimum atomic E-state index is -0.107. The Morgan fingerprint density at radius 2 is 2.03 bits per heavy atom. The molecule has 0 saturated carbocycles. The second-order valence-electron chi connectivity index (χ2n) is 7.63. The molecule has 0 spiro atoms. The lowest BCUT2D eigenvalue weighted by Crippen LogP contribution is -2.24. The summed E-state index contributed by atoms with van der Waals surface area (Å²) in [4.78, 5) is 20.1. The Balaban J connectivity index is 1.23. The quantitative estimate of drug-likeness (QED) is 0.445. The standard InChI is InChI=1S/C22H21N5O3S/c1-12(2)14-4-5-16-15(8-14)20-21(24-16)25-22(27-26-20)31-10-19(28)23-9-13-3-6-17-18(7-13)30-11-29-17/h3-8,12H,9-11H2,1-2H3,(H,23,28)(H,24,25,27). The number of rotatable bonds is 6. The molecule has 1 aliphatic heterocycles. The lowest BCUT2D eigenvalue weighted by molar-refractivity contribution is -0.118. The maximum Gasteiger partial charge on any atom is 0.231 e. The molecule has 0 unspecified atom stereocenters. The highest BCUT2D eigenvalue weighted by atomic mass is 32.2. The molecule has 4 aromatic rings. The maximum atomic E-state index is 12.3. The lowest BCUT2D eigenvalue weighted by atomic mass is 10.0. The molecule has 1 aliphatic rings. The number of carbonyl (C=O) groups is 1. The molecule has 0 radical (unpaired) electrons. The van der Waals surface area contributed by atoms with E-state index in [1.165, 1.54) is 17.3 Å². The SMILES string of the molecule is CC(C)c1ccc2[nH]c3nc(SCC(=O)NCc4ccc5c(c4)OCO5)nnc3c2c1. The van der Waals surface area contributed by atoms with Crippen molar-refractivity contribution in [2.45, 2.75) is 31.5 Å². The summed E-state index contributed by atoms with van der Waals surface area (Å²) in [6.07, 6.45) is 0. The number of ether oxygens (including phenoxy) is 2. The van der Waals surface area contributed by atoms with Crippen LogP contribution in [0.25, 0.3) is 22.1 Å². The normalized spacial score (nSPS) is 12.7. The van der Waals surface area contributed by atoms with E-state index in [9.17, 15) is 4.79 Å². The van der Waals surface area contributed by atoms with E-state index in [1.807, 2.05) is 24.3 Å². The zero-order chi connectivity index (χ0) is 21.4. The van der Waals surface area contributed by atoms with Gasteiger partial charge in [-0.3, -0.25) is 4.79 Å². The third-order valence-corrected chi connectivity index (χ3v) is 5.98. The van der Waals surface area contributed by atoms with Gasteiger partial charge >= 0.3 is 0 Å². The van der Waals surface area contributed by atoms with Crippen molar-refractivity contribution < 1.29 is 14.3 Å². The summed E-state index contributed by atoms with van der Waals surface area (Å²) in [5, 5.41) is 12.9. The molecule has 0 fully saturated rings. The molecule has 0 aliphatic carbocycles. The van der Waals surface area contributed by atoms with Crippen molar-refractivity contribution in [1.29, 1.82) is 0 Å². The third-order valence-electron chi connectivity index (χ3n) is 5.14. The number of benzene rings is 2. The molecule has 0 saturated heterocycles. The molecule has 158 valence electrons. The molecular formula is C22H21N5O3S. The fraction of sp³-hybridized carbons (Fsp3) is 0.273. The predicted octanol–water partition coefficient (Wildman–Crippen LogP) is 3.77. The third kappa shape index (κ3) is 4.00. The first kappa shape index (κ1) is 19.6. The molecule has 9 heteroatoms. The highest BCUT2D eigenvalue weighted by Gasteiger charge is 2.14. The van der Waals surface area contributed by atoms with Gasteiger partial charge in [-0.05, 0) is 41.3 Å². The van der Waals surface area contributed by atoms with E-state index >= 15 is 0 Å². The van der Waals surface area contributed by atoms with Gasteiger partial charge in [-0.2, -0.15) is 0 Å². The fourth-order valence-electron chi connectivity index (χ4n) is 3.43. The number of nitrogens with one attached hydrogen (secondary N) is 2. The predicted molar refractivity (Wildman–Crippen MR) is 118 cm³/mol. The number of hydrogen-bond donors (Lipinski definition) is 2. The van der Waals surface area contributed by atoms with Crippen molar-refractivity contribution in [3.05, 3.63) is 47.5 Å². The van der Waals surface area contributed by atoms with Gasteiger partial charge in [0, 0.05) is 17.4 Å². The van der Waals surface area contributed by atoms with E-state index in [1.54, 1.807) is 0 Å². The van der Waals surface area contributed by atoms with Crippen LogP contribution < -0.4 is 14.8 Å². The zero-order valence-corrected chi connectivity index (χ0v) is 18.0. The second kappa shape index (κ2) is 8.07. The van der Waals surface area contributed by atoms with Crippen LogP contribution in [-0.2, 0) is 11.3 Å². The van der Waals surface area contributed by atoms with Gasteiger partial charge < -0.3 is 19.8 Å². The largest absolute Gasteiger partial charge is 0.454 e. The monoisotopic (exact) mass is 435 g/mol. The van der Waals surface area contributed by atoms with Crippen LogP contribution in [0.2, 0.25) is 0 Å². The average Bonchev–Trinajstić information content (AvgIpc) is 3.39. The molecule has 0 atom stereocenters. The summed E-state index contributed by atoms with van der Waals surface area (Å²) in [5.41, 5.74) is 4.58. The Labute approximate surface area is 182 Å². The van der Waals surface area contributed by atoms with E-state index in [-0.39, 0.29) is 18.5 Å². The van der Waals surface area contributed by atoms with Gasteiger partial charge in [0.2, 0.25) is 17.9 Å². The summed E-state index contributed by atoms with van der Waals surface area (Å²) < 4.78 is 10.7. The van der Waals surface area contributed by atoms with E-state index in [2.05, 4.69) is 51.5 Å². The van der Waals surface area contributed by atoms with E-state index in [4.69, 9.17) is 9.47 Å². The first-order valence-electron chi connectivity index (χ1n) is 10.0. The van der Waals surface area contributed by atoms with E-state index in [0.29, 0.717) is 29.0 Å². The summed E-state index contributed by atoms with van der Waals surface area (Å²) in [6.45, 7) is 4.96. The highest BCUT2D eigenvalue weighted by molar-refractivity contribution is 7.99. The van der Waals surface area contributed by atoms with Gasteiger partial charge in [0.25, 0.3) is 0 Å². The minimum absolute atomic E-state index is 0.107. The van der Waals surface area contributed by atoms with Crippen molar-refractivity contribution in [3.63, 3.8) is 0 Å². The molecule has 5 rings (SSSR count). The molecule has 8 nitrogen and oxygen atoms in total. The average molecular weight is 436 g/mol. The Morgan fingerprint density at radius 3 is 2.90 bits per heavy atom. The zero-order valence-electron chi connectivity index (χ0n) is 17.1. The van der Waals surface area contributed by atoms with Gasteiger partial charge in [-0.25, -0.2) is 4.98 Å². The molecule has 0 bridgehead atoms. The van der Waals surface area contributed by atoms with Crippen LogP contribution in [-0.4, -0.2) is 38.6 Å². The number of amides is 1. The number of carbonyl (C=O) groups excluding carboxylic acids is 1. The van der Waals surface area contributed by atoms with Crippen LogP contribution in [0.5, 0.6) is 11.5 Å². The first-order valence-corrected chi connectivity index (χ1v) is 11.0. The van der Waals surface area contributed by atoms with Gasteiger partial charge in [0.1, 0.15) is 5.52 Å². The second-order valence-corrected chi connectivity index (χ2v) is 8.57. The van der Waals surface area contributed by atoms with Crippen molar-refractivity contribution in [2.24, 2.45) is 0 Å². The molecule has 3 heterocycles. The van der Waals surface area contributed by atoms with Crippen molar-refractivity contribution >= 4 is 39.7 Å². The Kier molecular flexibility index (Phi) is 5.11. The van der Waals surface area contributed by atoms with Gasteiger partial charge in [-0.1, -0.05) is 37.7 Å². The number of hydrogen-bond acceptors (Lipinski definition) is 7. The van der Waals surface area contributed by atoms with Gasteiger partial charge in [-0.15, -0.1) is 10.2 Å². The molecule has 2 aromatic carbocycles.